The molecule has 0 bridgehead atoms. The molecule has 0 aliphatic carbocycles. The van der Waals surface area contributed by atoms with Crippen LogP contribution < -0.4 is 14.8 Å². The summed E-state index contributed by atoms with van der Waals surface area (Å²) in [6.07, 6.45) is -3.95. The van der Waals surface area contributed by atoms with E-state index in [0.29, 0.717) is 30.0 Å². The number of nitrogens with one attached hydrogen (secondary N) is 1. The number of hydrogen-bond acceptors (Lipinski definition) is 7. The summed E-state index contributed by atoms with van der Waals surface area (Å²) in [5.74, 6) is -0.703. The molecule has 3 aromatic carbocycles. The van der Waals surface area contributed by atoms with Crippen LogP contribution in [0.25, 0.3) is 0 Å². The third-order valence-electron chi connectivity index (χ3n) is 5.33. The highest BCUT2D eigenvalue weighted by atomic mass is 19.4. The molecule has 1 N–H and O–H groups in total. The van der Waals surface area contributed by atoms with E-state index in [-0.39, 0.29) is 12.2 Å². The summed E-state index contributed by atoms with van der Waals surface area (Å²) in [6.45, 7) is 0.315. The molecule has 0 aliphatic rings. The average molecular weight is 518 g/mol. The number of hydrogen-bond donors (Lipinski definition) is 1. The molecule has 0 fully saturated rings. The van der Waals surface area contributed by atoms with Gasteiger partial charge in [0.2, 0.25) is 0 Å². The van der Waals surface area contributed by atoms with E-state index < -0.39 is 24.3 Å². The first-order valence-electron chi connectivity index (χ1n) is 11.3. The van der Waals surface area contributed by atoms with Gasteiger partial charge in [-0.25, -0.2) is 9.59 Å². The molecular weight excluding hydrogens is 491 g/mol. The maximum absolute atomic E-state index is 12.4. The predicted octanol–water partition coefficient (Wildman–Crippen LogP) is 5.19. The molecule has 0 saturated heterocycles. The number of carbonyl (C=O) groups excluding carboxylic acids is 2. The van der Waals surface area contributed by atoms with Gasteiger partial charge in [0.05, 0.1) is 26.4 Å². The number of para-hydroxylation sites is 1. The lowest BCUT2D eigenvalue weighted by atomic mass is 10.0. The van der Waals surface area contributed by atoms with Gasteiger partial charge in [-0.3, -0.25) is 0 Å². The van der Waals surface area contributed by atoms with Crippen molar-refractivity contribution in [1.82, 2.24) is 0 Å². The summed E-state index contributed by atoms with van der Waals surface area (Å²) in [5, 5.41) is 3.07. The van der Waals surface area contributed by atoms with E-state index in [1.54, 1.807) is 48.5 Å². The second-order valence-corrected chi connectivity index (χ2v) is 7.90. The Morgan fingerprint density at radius 1 is 0.838 bits per heavy atom. The van der Waals surface area contributed by atoms with E-state index in [4.69, 9.17) is 14.2 Å². The van der Waals surface area contributed by atoms with Crippen LogP contribution >= 0.6 is 0 Å². The topological polar surface area (TPSA) is 83.1 Å². The molecule has 1 unspecified atom stereocenters. The van der Waals surface area contributed by atoms with Gasteiger partial charge in [0.15, 0.2) is 0 Å². The molecule has 37 heavy (non-hydrogen) atoms. The Morgan fingerprint density at radius 3 is 2.08 bits per heavy atom. The van der Waals surface area contributed by atoms with Gasteiger partial charge in [0.25, 0.3) is 0 Å². The smallest absolute Gasteiger partial charge is 0.493 e. The fourth-order valence-electron chi connectivity index (χ4n) is 3.52. The number of halogens is 3. The number of benzene rings is 3. The van der Waals surface area contributed by atoms with E-state index in [0.717, 1.165) is 11.1 Å². The summed E-state index contributed by atoms with van der Waals surface area (Å²) in [6, 6.07) is 18.7. The molecule has 0 saturated carbocycles. The molecule has 3 rings (SSSR count). The van der Waals surface area contributed by atoms with Gasteiger partial charge in [-0.05, 0) is 47.5 Å². The number of ether oxygens (including phenoxy) is 4. The maximum Gasteiger partial charge on any atom is 0.573 e. The van der Waals surface area contributed by atoms with Crippen molar-refractivity contribution in [3.8, 4) is 11.5 Å². The van der Waals surface area contributed by atoms with Crippen molar-refractivity contribution in [2.45, 2.75) is 25.2 Å². The number of carbonyl (C=O) groups is 2. The van der Waals surface area contributed by atoms with Crippen LogP contribution in [0, 0.1) is 0 Å². The minimum absolute atomic E-state index is 0.277. The van der Waals surface area contributed by atoms with Crippen molar-refractivity contribution in [3.05, 3.63) is 89.5 Å². The Hall–Kier alpha value is -4.21. The van der Waals surface area contributed by atoms with Crippen molar-refractivity contribution in [3.63, 3.8) is 0 Å². The average Bonchev–Trinajstić information content (AvgIpc) is 2.88. The van der Waals surface area contributed by atoms with Crippen LogP contribution in [0.1, 0.15) is 21.5 Å². The molecule has 196 valence electrons. The number of rotatable bonds is 11. The zero-order valence-electron chi connectivity index (χ0n) is 20.2. The standard InChI is InChI=1S/C27H26F3NO6/c1-34-25(32)22-5-3-4-6-23(22)31-24(26(33)35-2)17-19-9-11-20(12-10-19)36-16-15-18-7-13-21(14-8-18)37-27(28,29)30/h3-14,24,31H,15-17H2,1-2H3. The van der Waals surface area contributed by atoms with Crippen molar-refractivity contribution < 1.29 is 41.7 Å². The van der Waals surface area contributed by atoms with E-state index >= 15 is 0 Å². The molecule has 7 nitrogen and oxygen atoms in total. The van der Waals surface area contributed by atoms with E-state index in [9.17, 15) is 22.8 Å². The zero-order valence-corrected chi connectivity index (χ0v) is 20.2. The summed E-state index contributed by atoms with van der Waals surface area (Å²) in [4.78, 5) is 24.5. The number of esters is 2. The Labute approximate surface area is 212 Å². The maximum atomic E-state index is 12.4. The van der Waals surface area contributed by atoms with Gasteiger partial charge in [-0.15, -0.1) is 13.2 Å². The van der Waals surface area contributed by atoms with Crippen molar-refractivity contribution in [1.29, 1.82) is 0 Å². The first-order chi connectivity index (χ1) is 17.7. The third-order valence-corrected chi connectivity index (χ3v) is 5.33. The van der Waals surface area contributed by atoms with Gasteiger partial charge in [-0.1, -0.05) is 36.4 Å². The van der Waals surface area contributed by atoms with Crippen LogP contribution in [0.5, 0.6) is 11.5 Å². The molecule has 0 radical (unpaired) electrons. The summed E-state index contributed by atoms with van der Waals surface area (Å²) < 4.78 is 56.1. The number of anilines is 1. The Bertz CT molecular complexity index is 1180. The van der Waals surface area contributed by atoms with Crippen LogP contribution in [0.3, 0.4) is 0 Å². The number of methoxy groups -OCH3 is 2. The van der Waals surface area contributed by atoms with Crippen LogP contribution in [0.4, 0.5) is 18.9 Å². The first kappa shape index (κ1) is 27.4. The largest absolute Gasteiger partial charge is 0.573 e. The highest BCUT2D eigenvalue weighted by Crippen LogP contribution is 2.23. The lowest BCUT2D eigenvalue weighted by Crippen LogP contribution is -2.33. The quantitative estimate of drug-likeness (QED) is 0.351. The van der Waals surface area contributed by atoms with E-state index in [1.807, 2.05) is 12.1 Å². The molecule has 0 amide bonds. The fraction of sp³-hybridized carbons (Fsp3) is 0.259. The Kier molecular flexibility index (Phi) is 9.37. The lowest BCUT2D eigenvalue weighted by Gasteiger charge is -2.19. The molecule has 0 aliphatic heterocycles. The van der Waals surface area contributed by atoms with Crippen molar-refractivity contribution >= 4 is 17.6 Å². The predicted molar refractivity (Wildman–Crippen MR) is 130 cm³/mol. The second kappa shape index (κ2) is 12.7. The Morgan fingerprint density at radius 2 is 1.46 bits per heavy atom. The summed E-state index contributed by atoms with van der Waals surface area (Å²) in [7, 11) is 2.57. The Balaban J connectivity index is 1.57. The van der Waals surface area contributed by atoms with Crippen LogP contribution in [-0.2, 0) is 27.1 Å². The highest BCUT2D eigenvalue weighted by Gasteiger charge is 2.31. The van der Waals surface area contributed by atoms with Gasteiger partial charge in [-0.2, -0.15) is 0 Å². The van der Waals surface area contributed by atoms with Gasteiger partial charge in [0, 0.05) is 18.5 Å². The third kappa shape index (κ3) is 8.45. The first-order valence-corrected chi connectivity index (χ1v) is 11.3. The van der Waals surface area contributed by atoms with Crippen LogP contribution in [-0.4, -0.2) is 45.2 Å². The summed E-state index contributed by atoms with van der Waals surface area (Å²) >= 11 is 0. The molecular formula is C27H26F3NO6. The number of alkyl halides is 3. The van der Waals surface area contributed by atoms with Gasteiger partial charge < -0.3 is 24.3 Å². The SMILES string of the molecule is COC(=O)c1ccccc1NC(Cc1ccc(OCCc2ccc(OC(F)(F)F)cc2)cc1)C(=O)OC. The molecule has 0 heterocycles. The van der Waals surface area contributed by atoms with E-state index in [1.165, 1.54) is 26.4 Å². The normalized spacial score (nSPS) is 11.8. The van der Waals surface area contributed by atoms with Gasteiger partial charge in [0.1, 0.15) is 17.5 Å². The monoisotopic (exact) mass is 517 g/mol. The van der Waals surface area contributed by atoms with Crippen LogP contribution in [0.2, 0.25) is 0 Å². The molecule has 0 aromatic heterocycles. The molecule has 1 atom stereocenters. The highest BCUT2D eigenvalue weighted by molar-refractivity contribution is 5.96. The summed E-state index contributed by atoms with van der Waals surface area (Å²) in [5.41, 5.74) is 2.37. The zero-order chi connectivity index (χ0) is 26.8. The minimum atomic E-state index is -4.72. The van der Waals surface area contributed by atoms with E-state index in [2.05, 4.69) is 10.1 Å². The lowest BCUT2D eigenvalue weighted by molar-refractivity contribution is -0.274. The minimum Gasteiger partial charge on any atom is -0.493 e. The molecule has 0 spiro atoms. The molecule has 3 aromatic rings. The second-order valence-electron chi connectivity index (χ2n) is 7.90. The van der Waals surface area contributed by atoms with Crippen LogP contribution in [0.15, 0.2) is 72.8 Å². The van der Waals surface area contributed by atoms with Crippen molar-refractivity contribution in [2.75, 3.05) is 26.1 Å². The van der Waals surface area contributed by atoms with Crippen molar-refractivity contribution in [2.24, 2.45) is 0 Å². The molecule has 10 heteroatoms. The fourth-order valence-corrected chi connectivity index (χ4v) is 3.52. The van der Waals surface area contributed by atoms with Gasteiger partial charge >= 0.3 is 18.3 Å².